The number of likely N-dealkylation sites (tertiary alicyclic amines) is 2. The molecule has 0 spiro atoms. The van der Waals surface area contributed by atoms with Crippen LogP contribution in [0.1, 0.15) is 49.1 Å². The lowest BCUT2D eigenvalue weighted by Gasteiger charge is -2.42. The molecular formula is C30H38F3N3O2. The number of rotatable bonds is 7. The maximum absolute atomic E-state index is 12.6. The summed E-state index contributed by atoms with van der Waals surface area (Å²) in [5.41, 5.74) is 5.90. The highest BCUT2D eigenvalue weighted by atomic mass is 19.4. The molecular weight excluding hydrogens is 491 g/mol. The first-order valence-corrected chi connectivity index (χ1v) is 13.6. The van der Waals surface area contributed by atoms with Crippen LogP contribution in [0.2, 0.25) is 0 Å². The molecule has 2 fully saturated rings. The molecule has 3 heterocycles. The number of hydrogen-bond donors (Lipinski definition) is 1. The Balaban J connectivity index is 1.21. The Bertz CT molecular complexity index is 1240. The number of nitrogens with one attached hydrogen (secondary N) is 1. The molecule has 0 saturated carbocycles. The molecule has 8 heteroatoms. The number of piperidine rings is 2. The van der Waals surface area contributed by atoms with Crippen LogP contribution in [-0.2, 0) is 0 Å². The third-order valence-corrected chi connectivity index (χ3v) is 8.54. The molecule has 0 aliphatic carbocycles. The van der Waals surface area contributed by atoms with Crippen molar-refractivity contribution in [2.45, 2.75) is 57.2 Å². The standard InChI is InChI=1S/C30H38F3N3O2/c1-20-25-18-22(4-6-26(25)34-29(20)23-5-7-27(37-2)28(19-23)38-3)21-8-15-36(16-9-21)24-10-13-35(14-11-24)17-12-30(31,32)33/h4-7,18-19,21,24,34H,8-17H2,1-3H3. The van der Waals surface area contributed by atoms with Crippen LogP contribution in [0.25, 0.3) is 22.2 Å². The average molecular weight is 530 g/mol. The van der Waals surface area contributed by atoms with Crippen molar-refractivity contribution in [2.75, 3.05) is 46.9 Å². The summed E-state index contributed by atoms with van der Waals surface area (Å²) in [6.45, 7) is 5.95. The third kappa shape index (κ3) is 5.81. The van der Waals surface area contributed by atoms with Gasteiger partial charge in [-0.2, -0.15) is 13.2 Å². The summed E-state index contributed by atoms with van der Waals surface area (Å²) in [7, 11) is 3.29. The second kappa shape index (κ2) is 11.2. The molecule has 3 aromatic rings. The van der Waals surface area contributed by atoms with Gasteiger partial charge in [-0.3, -0.25) is 0 Å². The Morgan fingerprint density at radius 3 is 2.26 bits per heavy atom. The van der Waals surface area contributed by atoms with E-state index in [-0.39, 0.29) is 6.54 Å². The molecule has 0 amide bonds. The summed E-state index contributed by atoms with van der Waals surface area (Å²) >= 11 is 0. The van der Waals surface area contributed by atoms with Crippen LogP contribution < -0.4 is 9.47 Å². The molecule has 206 valence electrons. The van der Waals surface area contributed by atoms with Crippen molar-refractivity contribution in [1.82, 2.24) is 14.8 Å². The van der Waals surface area contributed by atoms with Gasteiger partial charge in [0, 0.05) is 34.7 Å². The summed E-state index contributed by atoms with van der Waals surface area (Å²) in [4.78, 5) is 8.15. The second-order valence-corrected chi connectivity index (χ2v) is 10.7. The zero-order chi connectivity index (χ0) is 26.9. The number of nitrogens with zero attached hydrogens (tertiary/aromatic N) is 2. The zero-order valence-corrected chi connectivity index (χ0v) is 22.5. The first-order valence-electron chi connectivity index (χ1n) is 13.6. The number of aromatic amines is 1. The lowest BCUT2D eigenvalue weighted by atomic mass is 9.87. The van der Waals surface area contributed by atoms with Crippen molar-refractivity contribution in [3.05, 3.63) is 47.5 Å². The number of hydrogen-bond acceptors (Lipinski definition) is 4. The number of fused-ring (bicyclic) bond motifs is 1. The van der Waals surface area contributed by atoms with E-state index in [1.54, 1.807) is 14.2 Å². The number of benzene rings is 2. The van der Waals surface area contributed by atoms with E-state index < -0.39 is 12.6 Å². The van der Waals surface area contributed by atoms with E-state index in [4.69, 9.17) is 9.47 Å². The molecule has 0 radical (unpaired) electrons. The number of halogens is 3. The largest absolute Gasteiger partial charge is 0.493 e. The van der Waals surface area contributed by atoms with Crippen LogP contribution in [0, 0.1) is 6.92 Å². The van der Waals surface area contributed by atoms with Gasteiger partial charge in [0.05, 0.1) is 20.6 Å². The van der Waals surface area contributed by atoms with E-state index in [0.717, 1.165) is 68.6 Å². The van der Waals surface area contributed by atoms with Gasteiger partial charge in [0.1, 0.15) is 0 Å². The Morgan fingerprint density at radius 1 is 0.895 bits per heavy atom. The molecule has 0 bridgehead atoms. The summed E-state index contributed by atoms with van der Waals surface area (Å²) in [5.74, 6) is 1.95. The normalized spacial score (nSPS) is 18.8. The molecule has 38 heavy (non-hydrogen) atoms. The first kappa shape index (κ1) is 26.9. The van der Waals surface area contributed by atoms with E-state index in [9.17, 15) is 13.2 Å². The predicted molar refractivity (Wildman–Crippen MR) is 145 cm³/mol. The number of aryl methyl sites for hydroxylation is 1. The lowest BCUT2D eigenvalue weighted by Crippen LogP contribution is -2.47. The molecule has 5 rings (SSSR count). The number of alkyl halides is 3. The number of aromatic nitrogens is 1. The summed E-state index contributed by atoms with van der Waals surface area (Å²) in [5, 5.41) is 1.25. The van der Waals surface area contributed by atoms with Gasteiger partial charge in [-0.05, 0) is 106 Å². The van der Waals surface area contributed by atoms with Gasteiger partial charge in [0.2, 0.25) is 0 Å². The average Bonchev–Trinajstić information content (AvgIpc) is 3.27. The number of ether oxygens (including phenoxy) is 2. The molecule has 2 saturated heterocycles. The van der Waals surface area contributed by atoms with Crippen molar-refractivity contribution in [3.63, 3.8) is 0 Å². The monoisotopic (exact) mass is 529 g/mol. The van der Waals surface area contributed by atoms with Gasteiger partial charge < -0.3 is 24.3 Å². The highest BCUT2D eigenvalue weighted by Crippen LogP contribution is 2.38. The minimum atomic E-state index is -4.06. The predicted octanol–water partition coefficient (Wildman–Crippen LogP) is 6.76. The van der Waals surface area contributed by atoms with Crippen molar-refractivity contribution in [2.24, 2.45) is 0 Å². The number of H-pyrrole nitrogens is 1. The van der Waals surface area contributed by atoms with Crippen LogP contribution in [-0.4, -0.2) is 73.9 Å². The van der Waals surface area contributed by atoms with Gasteiger partial charge in [-0.15, -0.1) is 0 Å². The molecule has 0 unspecified atom stereocenters. The Kier molecular flexibility index (Phi) is 7.91. The van der Waals surface area contributed by atoms with E-state index in [2.05, 4.69) is 41.1 Å². The maximum Gasteiger partial charge on any atom is 0.390 e. The first-order chi connectivity index (χ1) is 18.3. The highest BCUT2D eigenvalue weighted by Gasteiger charge is 2.31. The molecule has 1 aromatic heterocycles. The zero-order valence-electron chi connectivity index (χ0n) is 22.5. The molecule has 0 atom stereocenters. The van der Waals surface area contributed by atoms with E-state index in [0.29, 0.717) is 23.5 Å². The van der Waals surface area contributed by atoms with E-state index in [1.807, 2.05) is 17.0 Å². The third-order valence-electron chi connectivity index (χ3n) is 8.54. The van der Waals surface area contributed by atoms with Crippen LogP contribution in [0.3, 0.4) is 0 Å². The van der Waals surface area contributed by atoms with E-state index in [1.165, 1.54) is 16.5 Å². The fourth-order valence-electron chi connectivity index (χ4n) is 6.27. The highest BCUT2D eigenvalue weighted by molar-refractivity contribution is 5.91. The molecule has 2 aliphatic rings. The minimum Gasteiger partial charge on any atom is -0.493 e. The van der Waals surface area contributed by atoms with Gasteiger partial charge in [0.15, 0.2) is 11.5 Å². The quantitative estimate of drug-likeness (QED) is 0.367. The van der Waals surface area contributed by atoms with Crippen molar-refractivity contribution in [1.29, 1.82) is 0 Å². The van der Waals surface area contributed by atoms with Gasteiger partial charge in [-0.25, -0.2) is 0 Å². The van der Waals surface area contributed by atoms with Gasteiger partial charge in [0.25, 0.3) is 0 Å². The Labute approximate surface area is 222 Å². The summed E-state index contributed by atoms with van der Waals surface area (Å²) in [6, 6.07) is 13.3. The fraction of sp³-hybridized carbons (Fsp3) is 0.533. The summed E-state index contributed by atoms with van der Waals surface area (Å²) < 4.78 is 48.5. The molecule has 1 N–H and O–H groups in total. The minimum absolute atomic E-state index is 0.132. The van der Waals surface area contributed by atoms with Crippen LogP contribution in [0.15, 0.2) is 36.4 Å². The van der Waals surface area contributed by atoms with Crippen molar-refractivity contribution < 1.29 is 22.6 Å². The Morgan fingerprint density at radius 2 is 1.61 bits per heavy atom. The Hall–Kier alpha value is -2.71. The topological polar surface area (TPSA) is 40.7 Å². The van der Waals surface area contributed by atoms with Crippen LogP contribution in [0.4, 0.5) is 13.2 Å². The van der Waals surface area contributed by atoms with Gasteiger partial charge >= 0.3 is 6.18 Å². The number of methoxy groups -OCH3 is 2. The van der Waals surface area contributed by atoms with Gasteiger partial charge in [-0.1, -0.05) is 6.07 Å². The fourth-order valence-corrected chi connectivity index (χ4v) is 6.27. The molecule has 2 aromatic carbocycles. The van der Waals surface area contributed by atoms with Crippen molar-refractivity contribution in [3.8, 4) is 22.8 Å². The van der Waals surface area contributed by atoms with Crippen LogP contribution >= 0.6 is 0 Å². The SMILES string of the molecule is COc1ccc(-c2[nH]c3ccc(C4CCN(C5CCN(CCC(F)(F)F)CC5)CC4)cc3c2C)cc1OC. The van der Waals surface area contributed by atoms with Crippen molar-refractivity contribution >= 4 is 10.9 Å². The second-order valence-electron chi connectivity index (χ2n) is 10.7. The molecule has 2 aliphatic heterocycles. The molecule has 5 nitrogen and oxygen atoms in total. The summed E-state index contributed by atoms with van der Waals surface area (Å²) in [6.07, 6.45) is -0.598. The lowest BCUT2D eigenvalue weighted by molar-refractivity contribution is -0.138. The van der Waals surface area contributed by atoms with E-state index >= 15 is 0 Å². The maximum atomic E-state index is 12.6. The smallest absolute Gasteiger partial charge is 0.390 e. The van der Waals surface area contributed by atoms with Crippen LogP contribution in [0.5, 0.6) is 11.5 Å².